The SMILES string of the molecule is Cc1cc2c(cc1OCc1ccccc1)C(C1CCCCC1)=NN(C(C)C)C(=O)N2c1ccc(CCC=O)cc1. The van der Waals surface area contributed by atoms with Crippen molar-refractivity contribution in [2.75, 3.05) is 4.90 Å². The van der Waals surface area contributed by atoms with Crippen molar-refractivity contribution in [3.63, 3.8) is 0 Å². The van der Waals surface area contributed by atoms with Crippen LogP contribution in [0.2, 0.25) is 0 Å². The lowest BCUT2D eigenvalue weighted by molar-refractivity contribution is -0.107. The number of hydrogen-bond donors (Lipinski definition) is 0. The lowest BCUT2D eigenvalue weighted by atomic mass is 9.82. The zero-order valence-corrected chi connectivity index (χ0v) is 23.8. The third-order valence-electron chi connectivity index (χ3n) is 7.88. The second-order valence-electron chi connectivity index (χ2n) is 11.2. The quantitative estimate of drug-likeness (QED) is 0.260. The number of aryl methyl sites for hydroxylation is 2. The Bertz CT molecular complexity index is 1360. The van der Waals surface area contributed by atoms with E-state index in [0.29, 0.717) is 19.4 Å². The Labute approximate surface area is 237 Å². The maximum atomic E-state index is 14.2. The van der Waals surface area contributed by atoms with Gasteiger partial charge in [-0.2, -0.15) is 5.10 Å². The van der Waals surface area contributed by atoms with Crippen molar-refractivity contribution in [1.29, 1.82) is 0 Å². The van der Waals surface area contributed by atoms with Crippen molar-refractivity contribution < 1.29 is 14.3 Å². The van der Waals surface area contributed by atoms with Crippen molar-refractivity contribution >= 4 is 29.4 Å². The van der Waals surface area contributed by atoms with Crippen LogP contribution in [0.3, 0.4) is 0 Å². The van der Waals surface area contributed by atoms with Gasteiger partial charge >= 0.3 is 6.03 Å². The van der Waals surface area contributed by atoms with E-state index in [1.54, 1.807) is 9.91 Å². The zero-order valence-electron chi connectivity index (χ0n) is 23.8. The highest BCUT2D eigenvalue weighted by molar-refractivity contribution is 6.14. The number of amides is 2. The van der Waals surface area contributed by atoms with Crippen LogP contribution in [0.25, 0.3) is 0 Å². The number of hydrogen-bond acceptors (Lipinski definition) is 4. The highest BCUT2D eigenvalue weighted by Gasteiger charge is 2.35. The third kappa shape index (κ3) is 5.96. The van der Waals surface area contributed by atoms with Gasteiger partial charge in [0.25, 0.3) is 0 Å². The van der Waals surface area contributed by atoms with Crippen LogP contribution < -0.4 is 9.64 Å². The van der Waals surface area contributed by atoms with Crippen LogP contribution in [0.1, 0.15) is 74.6 Å². The first-order chi connectivity index (χ1) is 19.5. The molecule has 208 valence electrons. The number of ether oxygens (including phenoxy) is 1. The molecule has 0 bridgehead atoms. The molecule has 1 fully saturated rings. The summed E-state index contributed by atoms with van der Waals surface area (Å²) >= 11 is 0. The molecule has 1 saturated carbocycles. The summed E-state index contributed by atoms with van der Waals surface area (Å²) in [5.41, 5.74) is 6.70. The molecule has 0 spiro atoms. The Morgan fingerprint density at radius 2 is 1.70 bits per heavy atom. The lowest BCUT2D eigenvalue weighted by Gasteiger charge is -2.29. The van der Waals surface area contributed by atoms with Gasteiger partial charge in [-0.25, -0.2) is 9.80 Å². The van der Waals surface area contributed by atoms with Gasteiger partial charge in [0.05, 0.1) is 23.1 Å². The summed E-state index contributed by atoms with van der Waals surface area (Å²) in [5, 5.41) is 6.75. The molecule has 1 aliphatic carbocycles. The molecule has 3 aromatic carbocycles. The van der Waals surface area contributed by atoms with Crippen molar-refractivity contribution in [1.82, 2.24) is 5.01 Å². The number of hydrazone groups is 1. The predicted octanol–water partition coefficient (Wildman–Crippen LogP) is 7.97. The second-order valence-corrected chi connectivity index (χ2v) is 11.2. The smallest absolute Gasteiger partial charge is 0.349 e. The van der Waals surface area contributed by atoms with E-state index in [4.69, 9.17) is 9.84 Å². The molecule has 6 nitrogen and oxygen atoms in total. The van der Waals surface area contributed by atoms with Crippen molar-refractivity contribution in [3.05, 3.63) is 89.0 Å². The van der Waals surface area contributed by atoms with Gasteiger partial charge in [0.2, 0.25) is 0 Å². The maximum Gasteiger partial charge on any atom is 0.349 e. The molecule has 0 atom stereocenters. The van der Waals surface area contributed by atoms with E-state index >= 15 is 0 Å². The largest absolute Gasteiger partial charge is 0.489 e. The van der Waals surface area contributed by atoms with E-state index < -0.39 is 0 Å². The summed E-state index contributed by atoms with van der Waals surface area (Å²) < 4.78 is 6.36. The minimum Gasteiger partial charge on any atom is -0.489 e. The summed E-state index contributed by atoms with van der Waals surface area (Å²) in [4.78, 5) is 26.9. The molecule has 1 heterocycles. The summed E-state index contributed by atoms with van der Waals surface area (Å²) in [6.45, 7) is 6.53. The van der Waals surface area contributed by atoms with Gasteiger partial charge in [-0.1, -0.05) is 61.7 Å². The number of anilines is 2. The molecule has 0 aromatic heterocycles. The van der Waals surface area contributed by atoms with Gasteiger partial charge in [-0.05, 0) is 81.0 Å². The van der Waals surface area contributed by atoms with Gasteiger partial charge < -0.3 is 9.53 Å². The summed E-state index contributed by atoms with van der Waals surface area (Å²) in [7, 11) is 0. The van der Waals surface area contributed by atoms with Gasteiger partial charge in [-0.15, -0.1) is 0 Å². The zero-order chi connectivity index (χ0) is 28.1. The number of carbonyl (C=O) groups is 2. The van der Waals surface area contributed by atoms with Crippen LogP contribution in [0, 0.1) is 12.8 Å². The minimum absolute atomic E-state index is 0.107. The van der Waals surface area contributed by atoms with Crippen LogP contribution in [0.4, 0.5) is 16.2 Å². The first-order valence-corrected chi connectivity index (χ1v) is 14.5. The van der Waals surface area contributed by atoms with E-state index in [2.05, 4.69) is 24.3 Å². The molecule has 3 aromatic rings. The Kier molecular flexibility index (Phi) is 8.63. The minimum atomic E-state index is -0.167. The molecule has 1 aliphatic heterocycles. The highest BCUT2D eigenvalue weighted by Crippen LogP contribution is 2.41. The molecule has 5 rings (SSSR count). The molecule has 0 saturated heterocycles. The summed E-state index contributed by atoms with van der Waals surface area (Å²) in [6.07, 6.45) is 7.82. The number of aldehydes is 1. The average Bonchev–Trinajstić information content (AvgIpc) is 3.10. The normalized spacial score (nSPS) is 16.0. The van der Waals surface area contributed by atoms with Crippen molar-refractivity contribution in [2.45, 2.75) is 78.4 Å². The lowest BCUT2D eigenvalue weighted by Crippen LogP contribution is -2.41. The van der Waals surface area contributed by atoms with E-state index in [-0.39, 0.29) is 18.0 Å². The molecular formula is C34H39N3O3. The van der Waals surface area contributed by atoms with Crippen molar-refractivity contribution in [3.8, 4) is 5.75 Å². The monoisotopic (exact) mass is 537 g/mol. The van der Waals surface area contributed by atoms with Crippen LogP contribution in [-0.4, -0.2) is 29.1 Å². The van der Waals surface area contributed by atoms with E-state index in [0.717, 1.165) is 64.2 Å². The van der Waals surface area contributed by atoms with Gasteiger partial charge in [0.15, 0.2) is 0 Å². The van der Waals surface area contributed by atoms with E-state index in [1.165, 1.54) is 19.3 Å². The number of benzene rings is 3. The van der Waals surface area contributed by atoms with Gasteiger partial charge in [0.1, 0.15) is 18.6 Å². The molecule has 0 N–H and O–H groups in total. The fourth-order valence-corrected chi connectivity index (χ4v) is 5.67. The summed E-state index contributed by atoms with van der Waals surface area (Å²) in [6, 6.07) is 22.0. The van der Waals surface area contributed by atoms with Crippen molar-refractivity contribution in [2.24, 2.45) is 11.0 Å². The molecule has 0 unspecified atom stereocenters. The molecule has 2 amide bonds. The Morgan fingerprint density at radius 1 is 0.975 bits per heavy atom. The second kappa shape index (κ2) is 12.5. The molecule has 0 radical (unpaired) electrons. The first kappa shape index (κ1) is 27.6. The number of rotatable bonds is 9. The molecule has 2 aliphatic rings. The van der Waals surface area contributed by atoms with Crippen LogP contribution in [0.15, 0.2) is 71.8 Å². The van der Waals surface area contributed by atoms with E-state index in [9.17, 15) is 9.59 Å². The number of fused-ring (bicyclic) bond motifs is 1. The number of nitrogens with zero attached hydrogens (tertiary/aromatic N) is 3. The first-order valence-electron chi connectivity index (χ1n) is 14.5. The standard InChI is InChI=1S/C34H39N3O3/c1-24(2)37-34(39)36(29-18-16-26(17-19-29)13-10-20-38)31-21-25(3)32(40-23-27-11-6-4-7-12-27)22-30(31)33(35-37)28-14-8-5-9-15-28/h4,6-7,11-12,16-22,24,28H,5,8-10,13-15,23H2,1-3H3. The highest BCUT2D eigenvalue weighted by atomic mass is 16.5. The average molecular weight is 538 g/mol. The maximum absolute atomic E-state index is 14.2. The molecule has 40 heavy (non-hydrogen) atoms. The molecule has 6 heteroatoms. The van der Waals surface area contributed by atoms with Crippen LogP contribution in [-0.2, 0) is 17.8 Å². The third-order valence-corrected chi connectivity index (χ3v) is 7.88. The molecular weight excluding hydrogens is 498 g/mol. The Morgan fingerprint density at radius 3 is 2.38 bits per heavy atom. The number of carbonyl (C=O) groups excluding carboxylic acids is 2. The fraction of sp³-hybridized carbons (Fsp3) is 0.382. The predicted molar refractivity (Wildman–Crippen MR) is 160 cm³/mol. The van der Waals surface area contributed by atoms with Crippen LogP contribution >= 0.6 is 0 Å². The van der Waals surface area contributed by atoms with Gasteiger partial charge in [0, 0.05) is 17.9 Å². The Balaban J connectivity index is 1.62. The topological polar surface area (TPSA) is 62.2 Å². The van der Waals surface area contributed by atoms with E-state index in [1.807, 2.05) is 63.2 Å². The fourth-order valence-electron chi connectivity index (χ4n) is 5.67. The van der Waals surface area contributed by atoms with Gasteiger partial charge in [-0.3, -0.25) is 4.90 Å². The summed E-state index contributed by atoms with van der Waals surface area (Å²) in [5.74, 6) is 1.10. The van der Waals surface area contributed by atoms with Crippen LogP contribution in [0.5, 0.6) is 5.75 Å². The Hall–Kier alpha value is -3.93. The number of urea groups is 1.